The highest BCUT2D eigenvalue weighted by Crippen LogP contribution is 2.11. The van der Waals surface area contributed by atoms with Crippen LogP contribution in [0.25, 0.3) is 0 Å². The quantitative estimate of drug-likeness (QED) is 0.591. The highest BCUT2D eigenvalue weighted by atomic mass is 35.5. The van der Waals surface area contributed by atoms with Gasteiger partial charge in [-0.05, 0) is 36.1 Å². The van der Waals surface area contributed by atoms with Crippen molar-refractivity contribution in [3.05, 3.63) is 29.8 Å². The summed E-state index contributed by atoms with van der Waals surface area (Å²) in [5.74, 6) is 1.81. The van der Waals surface area contributed by atoms with Crippen molar-refractivity contribution in [2.75, 3.05) is 23.9 Å². The fourth-order valence-electron chi connectivity index (χ4n) is 1.16. The largest absolute Gasteiger partial charge is 0.385 e. The third-order valence-corrected chi connectivity index (χ3v) is 2.97. The summed E-state index contributed by atoms with van der Waals surface area (Å²) in [6.45, 7) is 1.04. The molecule has 0 saturated heterocycles. The summed E-state index contributed by atoms with van der Waals surface area (Å²) >= 11 is 7.59. The molecule has 0 aromatic heterocycles. The van der Waals surface area contributed by atoms with Gasteiger partial charge in [0.25, 0.3) is 0 Å². The van der Waals surface area contributed by atoms with Crippen LogP contribution in [-0.4, -0.2) is 18.6 Å². The molecule has 0 radical (unpaired) electrons. The molecule has 0 aliphatic heterocycles. The molecule has 3 heteroatoms. The van der Waals surface area contributed by atoms with Crippen LogP contribution in [0.1, 0.15) is 12.0 Å². The zero-order valence-electron chi connectivity index (χ0n) is 8.42. The normalized spacial score (nSPS) is 10.1. The Morgan fingerprint density at radius 3 is 2.57 bits per heavy atom. The number of hydrogen-bond donors (Lipinski definition) is 1. The fourth-order valence-corrected chi connectivity index (χ4v) is 1.77. The maximum atomic E-state index is 5.70. The van der Waals surface area contributed by atoms with Gasteiger partial charge in [-0.15, -0.1) is 11.6 Å². The Kier molecular flexibility index (Phi) is 5.88. The molecule has 0 fully saturated rings. The molecule has 0 unspecified atom stereocenters. The van der Waals surface area contributed by atoms with E-state index >= 15 is 0 Å². The second-order valence-corrected chi connectivity index (χ2v) is 4.36. The van der Waals surface area contributed by atoms with Gasteiger partial charge < -0.3 is 5.32 Å². The van der Waals surface area contributed by atoms with E-state index in [1.54, 1.807) is 0 Å². The molecule has 1 N–H and O–H groups in total. The average Bonchev–Trinajstić information content (AvgIpc) is 2.25. The van der Waals surface area contributed by atoms with E-state index in [-0.39, 0.29) is 0 Å². The average molecular weight is 230 g/mol. The first-order valence-electron chi connectivity index (χ1n) is 4.74. The van der Waals surface area contributed by atoms with E-state index in [1.807, 2.05) is 11.8 Å². The Bertz CT molecular complexity index is 248. The summed E-state index contributed by atoms with van der Waals surface area (Å²) in [5, 5.41) is 3.37. The number of nitrogens with one attached hydrogen (secondary N) is 1. The standard InChI is InChI=1S/C11H16ClNS/c1-14-8-2-7-13-11-5-3-10(9-12)4-6-11/h3-6,13H,2,7-9H2,1H3. The summed E-state index contributed by atoms with van der Waals surface area (Å²) < 4.78 is 0. The van der Waals surface area contributed by atoms with Gasteiger partial charge in [-0.1, -0.05) is 12.1 Å². The van der Waals surface area contributed by atoms with Crippen molar-refractivity contribution in [2.45, 2.75) is 12.3 Å². The number of halogens is 1. The van der Waals surface area contributed by atoms with E-state index in [9.17, 15) is 0 Å². The van der Waals surface area contributed by atoms with Crippen molar-refractivity contribution < 1.29 is 0 Å². The molecule has 0 atom stereocenters. The van der Waals surface area contributed by atoms with Crippen molar-refractivity contribution >= 4 is 29.1 Å². The second-order valence-electron chi connectivity index (χ2n) is 3.10. The lowest BCUT2D eigenvalue weighted by Gasteiger charge is -2.05. The summed E-state index contributed by atoms with van der Waals surface area (Å²) in [6, 6.07) is 8.28. The predicted octanol–water partition coefficient (Wildman–Crippen LogP) is 3.59. The van der Waals surface area contributed by atoms with E-state index in [1.165, 1.54) is 23.4 Å². The van der Waals surface area contributed by atoms with Gasteiger partial charge in [-0.3, -0.25) is 0 Å². The van der Waals surface area contributed by atoms with Crippen LogP contribution in [0.3, 0.4) is 0 Å². The molecule has 0 aliphatic carbocycles. The van der Waals surface area contributed by atoms with Crippen LogP contribution < -0.4 is 5.32 Å². The van der Waals surface area contributed by atoms with Gasteiger partial charge in [-0.2, -0.15) is 11.8 Å². The summed E-state index contributed by atoms with van der Waals surface area (Å²) in [6.07, 6.45) is 3.34. The van der Waals surface area contributed by atoms with Gasteiger partial charge in [0.1, 0.15) is 0 Å². The molecule has 14 heavy (non-hydrogen) atoms. The van der Waals surface area contributed by atoms with Crippen molar-refractivity contribution in [2.24, 2.45) is 0 Å². The van der Waals surface area contributed by atoms with Crippen molar-refractivity contribution in [1.82, 2.24) is 0 Å². The monoisotopic (exact) mass is 229 g/mol. The molecular weight excluding hydrogens is 214 g/mol. The van der Waals surface area contributed by atoms with Crippen LogP contribution in [-0.2, 0) is 5.88 Å². The highest BCUT2D eigenvalue weighted by Gasteiger charge is 1.92. The smallest absolute Gasteiger partial charge is 0.0474 e. The highest BCUT2D eigenvalue weighted by molar-refractivity contribution is 7.98. The predicted molar refractivity (Wildman–Crippen MR) is 67.5 cm³/mol. The first-order chi connectivity index (χ1) is 6.86. The molecule has 78 valence electrons. The Morgan fingerprint density at radius 2 is 2.00 bits per heavy atom. The van der Waals surface area contributed by atoms with Crippen molar-refractivity contribution in [3.63, 3.8) is 0 Å². The van der Waals surface area contributed by atoms with Crippen LogP contribution >= 0.6 is 23.4 Å². The number of anilines is 1. The van der Waals surface area contributed by atoms with Gasteiger partial charge in [0.15, 0.2) is 0 Å². The Morgan fingerprint density at radius 1 is 1.29 bits per heavy atom. The van der Waals surface area contributed by atoms with Crippen LogP contribution in [0.15, 0.2) is 24.3 Å². The van der Waals surface area contributed by atoms with E-state index in [0.717, 1.165) is 6.54 Å². The van der Waals surface area contributed by atoms with Gasteiger partial charge >= 0.3 is 0 Å². The molecule has 1 rings (SSSR count). The topological polar surface area (TPSA) is 12.0 Å². The maximum Gasteiger partial charge on any atom is 0.0474 e. The molecule has 1 aromatic rings. The third-order valence-electron chi connectivity index (χ3n) is 1.96. The molecule has 1 nitrogen and oxygen atoms in total. The van der Waals surface area contributed by atoms with Crippen LogP contribution in [0.2, 0.25) is 0 Å². The lowest BCUT2D eigenvalue weighted by molar-refractivity contribution is 0.993. The first-order valence-corrected chi connectivity index (χ1v) is 6.67. The Balaban J connectivity index is 2.29. The van der Waals surface area contributed by atoms with Crippen molar-refractivity contribution in [3.8, 4) is 0 Å². The second kappa shape index (κ2) is 7.02. The molecule has 1 aromatic carbocycles. The Hall–Kier alpha value is -0.340. The van der Waals surface area contributed by atoms with Gasteiger partial charge in [0, 0.05) is 18.1 Å². The summed E-state index contributed by atoms with van der Waals surface area (Å²) in [5.41, 5.74) is 2.35. The Labute approximate surface area is 95.2 Å². The minimum atomic E-state index is 0.590. The summed E-state index contributed by atoms with van der Waals surface area (Å²) in [4.78, 5) is 0. The van der Waals surface area contributed by atoms with E-state index in [2.05, 4.69) is 35.8 Å². The minimum Gasteiger partial charge on any atom is -0.385 e. The third kappa shape index (κ3) is 4.25. The number of hydrogen-bond acceptors (Lipinski definition) is 2. The SMILES string of the molecule is CSCCCNc1ccc(CCl)cc1. The van der Waals surface area contributed by atoms with E-state index < -0.39 is 0 Å². The molecule has 0 heterocycles. The summed E-state index contributed by atoms with van der Waals surface area (Å²) in [7, 11) is 0. The molecular formula is C11H16ClNS. The zero-order valence-corrected chi connectivity index (χ0v) is 10.00. The molecule has 0 aliphatic rings. The van der Waals surface area contributed by atoms with Crippen molar-refractivity contribution in [1.29, 1.82) is 0 Å². The fraction of sp³-hybridized carbons (Fsp3) is 0.455. The lowest BCUT2D eigenvalue weighted by Crippen LogP contribution is -2.02. The maximum absolute atomic E-state index is 5.70. The number of thioether (sulfide) groups is 1. The van der Waals surface area contributed by atoms with Gasteiger partial charge in [0.2, 0.25) is 0 Å². The number of benzene rings is 1. The molecule has 0 bridgehead atoms. The zero-order chi connectivity index (χ0) is 10.2. The van der Waals surface area contributed by atoms with Gasteiger partial charge in [-0.25, -0.2) is 0 Å². The van der Waals surface area contributed by atoms with Crippen LogP contribution in [0.4, 0.5) is 5.69 Å². The minimum absolute atomic E-state index is 0.590. The van der Waals surface area contributed by atoms with Crippen LogP contribution in [0, 0.1) is 0 Å². The number of alkyl halides is 1. The first kappa shape index (κ1) is 11.7. The molecule has 0 saturated carbocycles. The van der Waals surface area contributed by atoms with Crippen LogP contribution in [0.5, 0.6) is 0 Å². The van der Waals surface area contributed by atoms with E-state index in [4.69, 9.17) is 11.6 Å². The van der Waals surface area contributed by atoms with Gasteiger partial charge in [0.05, 0.1) is 0 Å². The number of rotatable bonds is 6. The molecule has 0 amide bonds. The molecule has 0 spiro atoms. The lowest BCUT2D eigenvalue weighted by atomic mass is 10.2. The van der Waals surface area contributed by atoms with E-state index in [0.29, 0.717) is 5.88 Å².